The summed E-state index contributed by atoms with van der Waals surface area (Å²) in [6.45, 7) is 0. The molecule has 0 bridgehead atoms. The lowest BCUT2D eigenvalue weighted by molar-refractivity contribution is -0.133. The van der Waals surface area contributed by atoms with Gasteiger partial charge < -0.3 is 10.5 Å². The highest BCUT2D eigenvalue weighted by molar-refractivity contribution is 5.88. The van der Waals surface area contributed by atoms with Crippen LogP contribution >= 0.6 is 0 Å². The van der Waals surface area contributed by atoms with Gasteiger partial charge >= 0.3 is 5.97 Å². The Hall–Kier alpha value is -1.01. The number of ether oxygens (including phenoxy) is 1. The third-order valence-corrected chi connectivity index (χ3v) is 2.34. The zero-order valence-corrected chi connectivity index (χ0v) is 7.88. The predicted octanol–water partition coefficient (Wildman–Crippen LogP) is 0.680. The summed E-state index contributed by atoms with van der Waals surface area (Å²) in [5.74, 6) is 5.26. The molecule has 3 heteroatoms. The highest BCUT2D eigenvalue weighted by atomic mass is 16.5. The minimum atomic E-state index is -0.449. The van der Waals surface area contributed by atoms with Gasteiger partial charge in [-0.3, -0.25) is 0 Å². The van der Waals surface area contributed by atoms with Crippen molar-refractivity contribution in [2.75, 3.05) is 7.11 Å². The van der Waals surface area contributed by atoms with Crippen LogP contribution < -0.4 is 5.73 Å². The standard InChI is InChI=1S/C10H15NO2/c1-13-10(12)7-4-8-2-5-9(11)6-3-8/h8-9H,2-3,5-6,11H2,1H3. The van der Waals surface area contributed by atoms with E-state index in [1.807, 2.05) is 0 Å². The molecule has 0 spiro atoms. The zero-order valence-electron chi connectivity index (χ0n) is 7.88. The maximum Gasteiger partial charge on any atom is 0.384 e. The molecule has 13 heavy (non-hydrogen) atoms. The summed E-state index contributed by atoms with van der Waals surface area (Å²) in [5, 5.41) is 0. The maximum atomic E-state index is 10.7. The summed E-state index contributed by atoms with van der Waals surface area (Å²) in [6, 6.07) is 0.330. The van der Waals surface area contributed by atoms with Gasteiger partial charge in [-0.2, -0.15) is 0 Å². The second-order valence-electron chi connectivity index (χ2n) is 3.37. The molecule has 0 saturated heterocycles. The Labute approximate surface area is 78.6 Å². The van der Waals surface area contributed by atoms with Crippen LogP contribution in [0.2, 0.25) is 0 Å². The molecule has 1 aliphatic rings. The Balaban J connectivity index is 2.36. The van der Waals surface area contributed by atoms with Crippen molar-refractivity contribution in [1.82, 2.24) is 0 Å². The monoisotopic (exact) mass is 181 g/mol. The van der Waals surface area contributed by atoms with Crippen LogP contribution in [0.4, 0.5) is 0 Å². The summed E-state index contributed by atoms with van der Waals surface area (Å²) in [6.07, 6.45) is 4.04. The topological polar surface area (TPSA) is 52.3 Å². The van der Waals surface area contributed by atoms with E-state index in [0.29, 0.717) is 12.0 Å². The third kappa shape index (κ3) is 3.47. The van der Waals surface area contributed by atoms with Crippen molar-refractivity contribution in [3.8, 4) is 11.8 Å². The molecule has 1 rings (SSSR count). The number of hydrogen-bond donors (Lipinski definition) is 1. The minimum Gasteiger partial charge on any atom is -0.459 e. The molecular weight excluding hydrogens is 166 g/mol. The van der Waals surface area contributed by atoms with Crippen LogP contribution in [-0.4, -0.2) is 19.1 Å². The first-order valence-corrected chi connectivity index (χ1v) is 4.57. The van der Waals surface area contributed by atoms with Gasteiger partial charge in [0.25, 0.3) is 0 Å². The van der Waals surface area contributed by atoms with Crippen LogP contribution in [0.5, 0.6) is 0 Å². The van der Waals surface area contributed by atoms with Gasteiger partial charge in [-0.15, -0.1) is 0 Å². The molecular formula is C10H15NO2. The fourth-order valence-corrected chi connectivity index (χ4v) is 1.48. The lowest BCUT2D eigenvalue weighted by Crippen LogP contribution is -2.26. The van der Waals surface area contributed by atoms with Crippen molar-refractivity contribution < 1.29 is 9.53 Å². The fraction of sp³-hybridized carbons (Fsp3) is 0.700. The molecule has 0 atom stereocenters. The first-order chi connectivity index (χ1) is 6.22. The molecule has 0 heterocycles. The van der Waals surface area contributed by atoms with Crippen molar-refractivity contribution in [3.05, 3.63) is 0 Å². The average Bonchev–Trinajstić information content (AvgIpc) is 2.16. The Morgan fingerprint density at radius 1 is 1.38 bits per heavy atom. The molecule has 0 aromatic carbocycles. The van der Waals surface area contributed by atoms with Crippen LogP contribution in [0, 0.1) is 17.8 Å². The van der Waals surface area contributed by atoms with E-state index in [9.17, 15) is 4.79 Å². The Morgan fingerprint density at radius 2 is 2.00 bits per heavy atom. The van der Waals surface area contributed by atoms with Crippen molar-refractivity contribution in [2.45, 2.75) is 31.7 Å². The van der Waals surface area contributed by atoms with E-state index in [1.165, 1.54) is 7.11 Å². The largest absolute Gasteiger partial charge is 0.459 e. The van der Waals surface area contributed by atoms with Gasteiger partial charge in [0, 0.05) is 17.9 Å². The van der Waals surface area contributed by atoms with Gasteiger partial charge in [0.2, 0.25) is 0 Å². The minimum absolute atomic E-state index is 0.330. The van der Waals surface area contributed by atoms with Gasteiger partial charge in [-0.05, 0) is 25.7 Å². The maximum absolute atomic E-state index is 10.7. The second kappa shape index (κ2) is 4.88. The van der Waals surface area contributed by atoms with Gasteiger partial charge in [-0.1, -0.05) is 5.92 Å². The Kier molecular flexibility index (Phi) is 3.78. The number of methoxy groups -OCH3 is 1. The molecule has 0 aromatic rings. The molecule has 0 unspecified atom stereocenters. The number of nitrogens with two attached hydrogens (primary N) is 1. The molecule has 0 aromatic heterocycles. The van der Waals surface area contributed by atoms with Crippen LogP contribution in [0.1, 0.15) is 25.7 Å². The lowest BCUT2D eigenvalue weighted by Gasteiger charge is -2.21. The van der Waals surface area contributed by atoms with E-state index >= 15 is 0 Å². The number of rotatable bonds is 0. The summed E-state index contributed by atoms with van der Waals surface area (Å²) < 4.78 is 4.43. The molecule has 0 radical (unpaired) electrons. The zero-order chi connectivity index (χ0) is 9.68. The molecule has 0 amide bonds. The van der Waals surface area contributed by atoms with Crippen LogP contribution in [0.25, 0.3) is 0 Å². The van der Waals surface area contributed by atoms with E-state index in [4.69, 9.17) is 5.73 Å². The van der Waals surface area contributed by atoms with Crippen molar-refractivity contribution in [3.63, 3.8) is 0 Å². The van der Waals surface area contributed by atoms with Gasteiger partial charge in [0.15, 0.2) is 0 Å². The number of hydrogen-bond acceptors (Lipinski definition) is 3. The molecule has 1 saturated carbocycles. The van der Waals surface area contributed by atoms with Crippen LogP contribution in [0.15, 0.2) is 0 Å². The van der Waals surface area contributed by atoms with Crippen LogP contribution in [0.3, 0.4) is 0 Å². The summed E-state index contributed by atoms with van der Waals surface area (Å²) in [7, 11) is 1.34. The van der Waals surface area contributed by atoms with E-state index in [2.05, 4.69) is 16.6 Å². The number of carbonyl (C=O) groups is 1. The quantitative estimate of drug-likeness (QED) is 0.339. The molecule has 72 valence electrons. The molecule has 1 fully saturated rings. The highest BCUT2D eigenvalue weighted by Crippen LogP contribution is 2.21. The first-order valence-electron chi connectivity index (χ1n) is 4.57. The summed E-state index contributed by atoms with van der Waals surface area (Å²) >= 11 is 0. The molecule has 1 aliphatic carbocycles. The summed E-state index contributed by atoms with van der Waals surface area (Å²) in [4.78, 5) is 10.7. The first kappa shape index (κ1) is 10.1. The average molecular weight is 181 g/mol. The van der Waals surface area contributed by atoms with E-state index in [1.54, 1.807) is 0 Å². The van der Waals surface area contributed by atoms with E-state index in [0.717, 1.165) is 25.7 Å². The molecule has 2 N–H and O–H groups in total. The lowest BCUT2D eigenvalue weighted by atomic mass is 9.87. The smallest absolute Gasteiger partial charge is 0.384 e. The van der Waals surface area contributed by atoms with E-state index in [-0.39, 0.29) is 0 Å². The molecule has 0 aliphatic heterocycles. The van der Waals surface area contributed by atoms with Crippen molar-refractivity contribution in [2.24, 2.45) is 11.7 Å². The normalized spacial score (nSPS) is 27.2. The van der Waals surface area contributed by atoms with Crippen LogP contribution in [-0.2, 0) is 9.53 Å². The predicted molar refractivity (Wildman–Crippen MR) is 49.7 cm³/mol. The van der Waals surface area contributed by atoms with E-state index < -0.39 is 5.97 Å². The summed E-state index contributed by atoms with van der Waals surface area (Å²) in [5.41, 5.74) is 5.74. The molecule has 3 nitrogen and oxygen atoms in total. The van der Waals surface area contributed by atoms with Gasteiger partial charge in [0.1, 0.15) is 0 Å². The Morgan fingerprint density at radius 3 is 2.54 bits per heavy atom. The van der Waals surface area contributed by atoms with Crippen molar-refractivity contribution >= 4 is 5.97 Å². The Bertz CT molecular complexity index is 231. The third-order valence-electron chi connectivity index (χ3n) is 2.34. The van der Waals surface area contributed by atoms with Crippen molar-refractivity contribution in [1.29, 1.82) is 0 Å². The fourth-order valence-electron chi connectivity index (χ4n) is 1.48. The van der Waals surface area contributed by atoms with Gasteiger partial charge in [0.05, 0.1) is 7.11 Å². The van der Waals surface area contributed by atoms with Gasteiger partial charge in [-0.25, -0.2) is 4.79 Å². The highest BCUT2D eigenvalue weighted by Gasteiger charge is 2.16. The SMILES string of the molecule is COC(=O)C#CC1CCC(N)CC1. The number of esters is 1. The second-order valence-corrected chi connectivity index (χ2v) is 3.37. The number of carbonyl (C=O) groups excluding carboxylic acids is 1.